The lowest BCUT2D eigenvalue weighted by Gasteiger charge is -2.36. The molecule has 1 aliphatic rings. The predicted molar refractivity (Wildman–Crippen MR) is 42.5 cm³/mol. The van der Waals surface area contributed by atoms with Gasteiger partial charge >= 0.3 is 12.5 Å². The van der Waals surface area contributed by atoms with Crippen LogP contribution in [0.4, 0.5) is 17.6 Å². The first-order chi connectivity index (χ1) is 6.36. The molecule has 84 valence electrons. The van der Waals surface area contributed by atoms with Gasteiger partial charge in [-0.3, -0.25) is 0 Å². The Morgan fingerprint density at radius 1 is 1.29 bits per heavy atom. The number of alkyl halides is 4. The third-order valence-electron chi connectivity index (χ3n) is 2.30. The lowest BCUT2D eigenvalue weighted by Crippen LogP contribution is -2.47. The molecule has 1 rings (SSSR count). The Kier molecular flexibility index (Phi) is 3.36. The maximum Gasteiger partial charge on any atom is 0.416 e. The highest BCUT2D eigenvalue weighted by atomic mass is 19.3. The zero-order chi connectivity index (χ0) is 10.8. The highest BCUT2D eigenvalue weighted by Crippen LogP contribution is 2.34. The fourth-order valence-corrected chi connectivity index (χ4v) is 1.43. The van der Waals surface area contributed by atoms with E-state index in [1.165, 1.54) is 6.92 Å². The molecular weight excluding hydrogens is 202 g/mol. The zero-order valence-electron chi connectivity index (χ0n) is 7.83. The van der Waals surface area contributed by atoms with Gasteiger partial charge in [0.15, 0.2) is 0 Å². The van der Waals surface area contributed by atoms with E-state index in [1.807, 2.05) is 0 Å². The largest absolute Gasteiger partial charge is 0.416 e. The minimum absolute atomic E-state index is 0.315. The van der Waals surface area contributed by atoms with Crippen LogP contribution in [0.2, 0.25) is 0 Å². The Morgan fingerprint density at radius 2 is 1.79 bits per heavy atom. The van der Waals surface area contributed by atoms with Gasteiger partial charge in [-0.1, -0.05) is 0 Å². The van der Waals surface area contributed by atoms with E-state index in [4.69, 9.17) is 0 Å². The maximum atomic E-state index is 12.6. The summed E-state index contributed by atoms with van der Waals surface area (Å²) in [5.41, 5.74) is -1.15. The highest BCUT2D eigenvalue weighted by Gasteiger charge is 2.48. The summed E-state index contributed by atoms with van der Waals surface area (Å²) < 4.78 is 53.1. The van der Waals surface area contributed by atoms with Crippen LogP contribution in [0.5, 0.6) is 0 Å². The van der Waals surface area contributed by atoms with E-state index < -0.39 is 18.1 Å². The van der Waals surface area contributed by atoms with Crippen molar-refractivity contribution in [3.63, 3.8) is 0 Å². The smallest absolute Gasteiger partial charge is 0.317 e. The maximum absolute atomic E-state index is 12.6. The van der Waals surface area contributed by atoms with Gasteiger partial charge in [0.25, 0.3) is 0 Å². The molecule has 1 heterocycles. The summed E-state index contributed by atoms with van der Waals surface area (Å²) in [5, 5.41) is 2.94. The quantitative estimate of drug-likeness (QED) is 0.727. The topological polar surface area (TPSA) is 21.3 Å². The van der Waals surface area contributed by atoms with Gasteiger partial charge in [0.2, 0.25) is 0 Å². The number of hydrogen-bond donors (Lipinski definition) is 1. The van der Waals surface area contributed by atoms with Crippen molar-refractivity contribution >= 4 is 0 Å². The van der Waals surface area contributed by atoms with Gasteiger partial charge in [0, 0.05) is 0 Å². The lowest BCUT2D eigenvalue weighted by molar-refractivity contribution is -0.343. The fourth-order valence-electron chi connectivity index (χ4n) is 1.43. The summed E-state index contributed by atoms with van der Waals surface area (Å²) in [6.07, 6.45) is -7.48. The SMILES string of the molecule is CC1(OC(F)(F)C(F)F)CCNCC1. The molecule has 0 amide bonds. The van der Waals surface area contributed by atoms with Crippen LogP contribution in [0.15, 0.2) is 0 Å². The molecule has 1 aliphatic heterocycles. The molecule has 0 spiro atoms. The molecule has 1 fully saturated rings. The molecule has 0 aromatic heterocycles. The summed E-state index contributed by atoms with van der Waals surface area (Å²) in [6, 6.07) is 0. The van der Waals surface area contributed by atoms with Crippen molar-refractivity contribution in [2.24, 2.45) is 0 Å². The molecule has 0 radical (unpaired) electrons. The molecule has 14 heavy (non-hydrogen) atoms. The minimum Gasteiger partial charge on any atom is -0.317 e. The van der Waals surface area contributed by atoms with Crippen molar-refractivity contribution in [1.82, 2.24) is 5.32 Å². The summed E-state index contributed by atoms with van der Waals surface area (Å²) in [6.45, 7) is 2.45. The third kappa shape index (κ3) is 2.81. The van der Waals surface area contributed by atoms with E-state index in [-0.39, 0.29) is 0 Å². The van der Waals surface area contributed by atoms with Crippen LogP contribution in [0.25, 0.3) is 0 Å². The van der Waals surface area contributed by atoms with Gasteiger partial charge in [-0.15, -0.1) is 0 Å². The molecule has 0 saturated carbocycles. The number of ether oxygens (including phenoxy) is 1. The van der Waals surface area contributed by atoms with Crippen LogP contribution in [0.3, 0.4) is 0 Å². The molecule has 0 bridgehead atoms. The molecule has 6 heteroatoms. The van der Waals surface area contributed by atoms with Crippen LogP contribution in [-0.4, -0.2) is 31.2 Å². The van der Waals surface area contributed by atoms with E-state index in [1.54, 1.807) is 0 Å². The van der Waals surface area contributed by atoms with Crippen LogP contribution in [0, 0.1) is 0 Å². The lowest BCUT2D eigenvalue weighted by atomic mass is 9.94. The van der Waals surface area contributed by atoms with E-state index in [0.717, 1.165) is 0 Å². The van der Waals surface area contributed by atoms with Crippen molar-refractivity contribution in [1.29, 1.82) is 0 Å². The van der Waals surface area contributed by atoms with Gasteiger partial charge in [-0.05, 0) is 32.9 Å². The molecule has 2 nitrogen and oxygen atoms in total. The monoisotopic (exact) mass is 215 g/mol. The summed E-state index contributed by atoms with van der Waals surface area (Å²) in [7, 11) is 0. The number of piperidine rings is 1. The van der Waals surface area contributed by atoms with Gasteiger partial charge in [-0.2, -0.15) is 8.78 Å². The second kappa shape index (κ2) is 4.02. The first kappa shape index (κ1) is 11.7. The van der Waals surface area contributed by atoms with Crippen molar-refractivity contribution in [3.05, 3.63) is 0 Å². The van der Waals surface area contributed by atoms with Crippen molar-refractivity contribution in [3.8, 4) is 0 Å². The Morgan fingerprint density at radius 3 is 2.21 bits per heavy atom. The summed E-state index contributed by atoms with van der Waals surface area (Å²) in [5.74, 6) is 0. The van der Waals surface area contributed by atoms with Crippen LogP contribution < -0.4 is 5.32 Å². The van der Waals surface area contributed by atoms with Gasteiger partial charge in [-0.25, -0.2) is 8.78 Å². The van der Waals surface area contributed by atoms with Gasteiger partial charge in [0.1, 0.15) is 0 Å². The molecule has 1 N–H and O–H groups in total. The number of nitrogens with one attached hydrogen (secondary N) is 1. The van der Waals surface area contributed by atoms with Crippen LogP contribution in [-0.2, 0) is 4.74 Å². The first-order valence-corrected chi connectivity index (χ1v) is 4.43. The number of hydrogen-bond acceptors (Lipinski definition) is 2. The van der Waals surface area contributed by atoms with Crippen LogP contribution in [0.1, 0.15) is 19.8 Å². The minimum atomic E-state index is -4.34. The molecule has 0 unspecified atom stereocenters. The number of halogens is 4. The Labute approximate surface area is 79.6 Å². The molecule has 1 saturated heterocycles. The van der Waals surface area contributed by atoms with Crippen molar-refractivity contribution in [2.45, 2.75) is 37.9 Å². The molecule has 0 atom stereocenters. The van der Waals surface area contributed by atoms with E-state index >= 15 is 0 Å². The Balaban J connectivity index is 2.56. The summed E-state index contributed by atoms with van der Waals surface area (Å²) in [4.78, 5) is 0. The Hall–Kier alpha value is -0.360. The first-order valence-electron chi connectivity index (χ1n) is 4.43. The van der Waals surface area contributed by atoms with E-state index in [0.29, 0.717) is 25.9 Å². The number of rotatable bonds is 3. The predicted octanol–water partition coefficient (Wildman–Crippen LogP) is 2.00. The second-order valence-corrected chi connectivity index (χ2v) is 3.66. The van der Waals surface area contributed by atoms with Crippen molar-refractivity contribution < 1.29 is 22.3 Å². The highest BCUT2D eigenvalue weighted by molar-refractivity contribution is 4.83. The zero-order valence-corrected chi connectivity index (χ0v) is 7.83. The van der Waals surface area contributed by atoms with Gasteiger partial charge < -0.3 is 10.1 Å². The molecule has 0 aliphatic carbocycles. The summed E-state index contributed by atoms with van der Waals surface area (Å²) >= 11 is 0. The third-order valence-corrected chi connectivity index (χ3v) is 2.30. The normalized spacial score (nSPS) is 22.7. The second-order valence-electron chi connectivity index (χ2n) is 3.66. The molecular formula is C8H13F4NO. The Bertz CT molecular complexity index is 192. The molecule has 0 aromatic carbocycles. The standard InChI is InChI=1S/C8H13F4NO/c1-7(2-4-13-5-3-7)14-8(11,12)6(9)10/h6,13H,2-5H2,1H3. The van der Waals surface area contributed by atoms with E-state index in [9.17, 15) is 17.6 Å². The fraction of sp³-hybridized carbons (Fsp3) is 1.00. The van der Waals surface area contributed by atoms with E-state index in [2.05, 4.69) is 10.1 Å². The van der Waals surface area contributed by atoms with Crippen molar-refractivity contribution in [2.75, 3.05) is 13.1 Å². The molecule has 0 aromatic rings. The average molecular weight is 215 g/mol. The average Bonchev–Trinajstić information content (AvgIpc) is 2.03. The van der Waals surface area contributed by atoms with Gasteiger partial charge in [0.05, 0.1) is 5.60 Å². The van der Waals surface area contributed by atoms with Crippen LogP contribution >= 0.6 is 0 Å².